The van der Waals surface area contributed by atoms with Gasteiger partial charge >= 0.3 is 0 Å². The molecule has 0 aliphatic rings. The van der Waals surface area contributed by atoms with Crippen molar-refractivity contribution in [2.45, 2.75) is 0 Å². The Balaban J connectivity index is 2.14. The zero-order chi connectivity index (χ0) is 12.3. The normalized spacial score (nSPS) is 10.9. The minimum Gasteiger partial charge on any atom is -0.288 e. The lowest BCUT2D eigenvalue weighted by molar-refractivity contribution is 0.105. The lowest BCUT2D eigenvalue weighted by Gasteiger charge is -1.94. The number of halogens is 2. The Morgan fingerprint density at radius 1 is 1.24 bits per heavy atom. The van der Waals surface area contributed by atoms with Crippen molar-refractivity contribution < 1.29 is 4.79 Å². The zero-order valence-corrected chi connectivity index (χ0v) is 11.8. The highest BCUT2D eigenvalue weighted by molar-refractivity contribution is 9.10. The molecule has 1 aromatic carbocycles. The second-order valence-corrected chi connectivity index (χ2v) is 5.55. The SMILES string of the molecule is O=C(C=Cc1ccc(Cl)cc1)c1sccc1Br. The van der Waals surface area contributed by atoms with Gasteiger partial charge in [0.25, 0.3) is 0 Å². The molecule has 0 spiro atoms. The summed E-state index contributed by atoms with van der Waals surface area (Å²) >= 11 is 10.5. The molecule has 1 heterocycles. The van der Waals surface area contributed by atoms with Crippen LogP contribution in [0.3, 0.4) is 0 Å². The molecule has 1 nitrogen and oxygen atoms in total. The molecule has 0 bridgehead atoms. The maximum Gasteiger partial charge on any atom is 0.196 e. The molecule has 0 saturated carbocycles. The van der Waals surface area contributed by atoms with E-state index < -0.39 is 0 Å². The number of carbonyl (C=O) groups is 1. The van der Waals surface area contributed by atoms with E-state index >= 15 is 0 Å². The van der Waals surface area contributed by atoms with Crippen LogP contribution in [0, 0.1) is 0 Å². The van der Waals surface area contributed by atoms with Crippen LogP contribution in [-0.4, -0.2) is 5.78 Å². The Labute approximate surface area is 117 Å². The van der Waals surface area contributed by atoms with E-state index in [2.05, 4.69) is 15.9 Å². The molecular weight excluding hydrogens is 320 g/mol. The molecule has 2 rings (SSSR count). The summed E-state index contributed by atoms with van der Waals surface area (Å²) in [6.07, 6.45) is 3.35. The Kier molecular flexibility index (Phi) is 4.15. The van der Waals surface area contributed by atoms with Crippen molar-refractivity contribution in [3.05, 3.63) is 61.7 Å². The summed E-state index contributed by atoms with van der Waals surface area (Å²) in [6, 6.07) is 9.21. The Morgan fingerprint density at radius 3 is 2.53 bits per heavy atom. The summed E-state index contributed by atoms with van der Waals surface area (Å²) in [5, 5.41) is 2.57. The number of ketones is 1. The molecule has 4 heteroatoms. The molecule has 2 aromatic rings. The van der Waals surface area contributed by atoms with Crippen LogP contribution in [0.25, 0.3) is 6.08 Å². The van der Waals surface area contributed by atoms with E-state index in [1.54, 1.807) is 24.3 Å². The van der Waals surface area contributed by atoms with Gasteiger partial charge < -0.3 is 0 Å². The van der Waals surface area contributed by atoms with Gasteiger partial charge in [0.05, 0.1) is 4.88 Å². The molecule has 0 aliphatic heterocycles. The van der Waals surface area contributed by atoms with Crippen LogP contribution >= 0.6 is 38.9 Å². The van der Waals surface area contributed by atoms with Crippen molar-refractivity contribution in [2.24, 2.45) is 0 Å². The van der Waals surface area contributed by atoms with E-state index in [0.717, 1.165) is 14.9 Å². The summed E-state index contributed by atoms with van der Waals surface area (Å²) in [5.74, 6) is 0.00169. The molecular formula is C13H8BrClOS. The Morgan fingerprint density at radius 2 is 1.94 bits per heavy atom. The molecule has 86 valence electrons. The maximum absolute atomic E-state index is 11.8. The summed E-state index contributed by atoms with van der Waals surface area (Å²) < 4.78 is 0.841. The minimum absolute atomic E-state index is 0.00169. The first-order chi connectivity index (χ1) is 8.16. The molecule has 0 saturated heterocycles. The van der Waals surface area contributed by atoms with Crippen LogP contribution < -0.4 is 0 Å². The summed E-state index contributed by atoms with van der Waals surface area (Å²) in [7, 11) is 0. The summed E-state index contributed by atoms with van der Waals surface area (Å²) in [5.41, 5.74) is 0.954. The summed E-state index contributed by atoms with van der Waals surface area (Å²) in [4.78, 5) is 12.6. The van der Waals surface area contributed by atoms with Crippen molar-refractivity contribution in [3.63, 3.8) is 0 Å². The molecule has 0 aliphatic carbocycles. The van der Waals surface area contributed by atoms with Crippen molar-refractivity contribution in [3.8, 4) is 0 Å². The molecule has 0 fully saturated rings. The fourth-order valence-electron chi connectivity index (χ4n) is 1.29. The Hall–Kier alpha value is -0.900. The van der Waals surface area contributed by atoms with Crippen LogP contribution in [0.2, 0.25) is 5.02 Å². The predicted octanol–water partition coefficient (Wildman–Crippen LogP) is 5.06. The van der Waals surface area contributed by atoms with Gasteiger partial charge in [0.2, 0.25) is 0 Å². The first-order valence-corrected chi connectivity index (χ1v) is 6.93. The van der Waals surface area contributed by atoms with Gasteiger partial charge in [-0.2, -0.15) is 0 Å². The topological polar surface area (TPSA) is 17.1 Å². The fourth-order valence-corrected chi connectivity index (χ4v) is 2.90. The first-order valence-electron chi connectivity index (χ1n) is 4.88. The highest BCUT2D eigenvalue weighted by Gasteiger charge is 2.07. The number of hydrogen-bond acceptors (Lipinski definition) is 2. The number of allylic oxidation sites excluding steroid dienone is 1. The third kappa shape index (κ3) is 3.28. The van der Waals surface area contributed by atoms with Crippen LogP contribution in [0.4, 0.5) is 0 Å². The van der Waals surface area contributed by atoms with Gasteiger partial charge in [-0.05, 0) is 51.1 Å². The molecule has 0 amide bonds. The van der Waals surface area contributed by atoms with E-state index in [9.17, 15) is 4.79 Å². The number of benzene rings is 1. The van der Waals surface area contributed by atoms with Gasteiger partial charge in [-0.1, -0.05) is 29.8 Å². The number of thiophene rings is 1. The van der Waals surface area contributed by atoms with Gasteiger partial charge in [0.15, 0.2) is 5.78 Å². The lowest BCUT2D eigenvalue weighted by Crippen LogP contribution is -1.90. The standard InChI is InChI=1S/C13H8BrClOS/c14-11-7-8-17-13(11)12(16)6-3-9-1-4-10(15)5-2-9/h1-8H. The smallest absolute Gasteiger partial charge is 0.196 e. The molecule has 0 radical (unpaired) electrons. The second kappa shape index (κ2) is 5.63. The van der Waals surface area contributed by atoms with Crippen LogP contribution in [0.5, 0.6) is 0 Å². The highest BCUT2D eigenvalue weighted by Crippen LogP contribution is 2.23. The first kappa shape index (κ1) is 12.6. The number of hydrogen-bond donors (Lipinski definition) is 0. The molecule has 0 N–H and O–H groups in total. The Bertz CT molecular complexity index is 557. The van der Waals surface area contributed by atoms with Gasteiger partial charge in [-0.25, -0.2) is 0 Å². The number of carbonyl (C=O) groups excluding carboxylic acids is 1. The van der Waals surface area contributed by atoms with Crippen molar-refractivity contribution in [1.29, 1.82) is 0 Å². The van der Waals surface area contributed by atoms with E-state index in [1.165, 1.54) is 11.3 Å². The average molecular weight is 328 g/mol. The second-order valence-electron chi connectivity index (χ2n) is 3.35. The van der Waals surface area contributed by atoms with E-state index in [-0.39, 0.29) is 5.78 Å². The molecule has 0 unspecified atom stereocenters. The van der Waals surface area contributed by atoms with Crippen molar-refractivity contribution >= 4 is 50.7 Å². The molecule has 0 atom stereocenters. The van der Waals surface area contributed by atoms with Crippen LogP contribution in [0.1, 0.15) is 15.2 Å². The largest absolute Gasteiger partial charge is 0.288 e. The van der Waals surface area contributed by atoms with Gasteiger partial charge in [0, 0.05) is 9.50 Å². The van der Waals surface area contributed by atoms with Crippen LogP contribution in [-0.2, 0) is 0 Å². The zero-order valence-electron chi connectivity index (χ0n) is 8.69. The molecule has 1 aromatic heterocycles. The summed E-state index contributed by atoms with van der Waals surface area (Å²) in [6.45, 7) is 0. The quantitative estimate of drug-likeness (QED) is 0.569. The maximum atomic E-state index is 11.8. The highest BCUT2D eigenvalue weighted by atomic mass is 79.9. The van der Waals surface area contributed by atoms with Crippen molar-refractivity contribution in [2.75, 3.05) is 0 Å². The fraction of sp³-hybridized carbons (Fsp3) is 0. The lowest BCUT2D eigenvalue weighted by atomic mass is 10.2. The monoisotopic (exact) mass is 326 g/mol. The minimum atomic E-state index is 0.00169. The average Bonchev–Trinajstić information content (AvgIpc) is 2.74. The van der Waals surface area contributed by atoms with E-state index in [0.29, 0.717) is 5.02 Å². The van der Waals surface area contributed by atoms with Crippen LogP contribution in [0.15, 0.2) is 46.3 Å². The van der Waals surface area contributed by atoms with Gasteiger partial charge in [0.1, 0.15) is 0 Å². The van der Waals surface area contributed by atoms with Gasteiger partial charge in [-0.15, -0.1) is 11.3 Å². The predicted molar refractivity (Wildman–Crippen MR) is 76.8 cm³/mol. The molecule has 17 heavy (non-hydrogen) atoms. The third-order valence-corrected chi connectivity index (χ3v) is 4.24. The van der Waals surface area contributed by atoms with Crippen molar-refractivity contribution in [1.82, 2.24) is 0 Å². The third-order valence-electron chi connectivity index (χ3n) is 2.14. The number of rotatable bonds is 3. The van der Waals surface area contributed by atoms with Gasteiger partial charge in [-0.3, -0.25) is 4.79 Å². The van der Waals surface area contributed by atoms with E-state index in [1.807, 2.05) is 23.6 Å². The van der Waals surface area contributed by atoms with E-state index in [4.69, 9.17) is 11.6 Å².